The Hall–Kier alpha value is -1.37. The molecule has 0 heterocycles. The van der Waals surface area contributed by atoms with Gasteiger partial charge in [0.25, 0.3) is 6.08 Å². The highest BCUT2D eigenvalue weighted by atomic mass is 79.9. The lowest BCUT2D eigenvalue weighted by molar-refractivity contribution is 0.425. The first-order valence-corrected chi connectivity index (χ1v) is 9.88. The number of hydrogen-bond acceptors (Lipinski definition) is 2. The zero-order valence-corrected chi connectivity index (χ0v) is 17.7. The zero-order chi connectivity index (χ0) is 19.3. The lowest BCUT2D eigenvalue weighted by atomic mass is 10.0. The van der Waals surface area contributed by atoms with Crippen LogP contribution in [0.1, 0.15) is 11.1 Å². The van der Waals surface area contributed by atoms with E-state index in [9.17, 15) is 8.78 Å². The van der Waals surface area contributed by atoms with Gasteiger partial charge in [0.05, 0.1) is 17.0 Å². The predicted molar refractivity (Wildman–Crippen MR) is 112 cm³/mol. The highest BCUT2D eigenvalue weighted by molar-refractivity contribution is 9.10. The van der Waals surface area contributed by atoms with E-state index in [-0.39, 0.29) is 11.3 Å². The summed E-state index contributed by atoms with van der Waals surface area (Å²) in [6.45, 7) is 1.78. The van der Waals surface area contributed by atoms with E-state index in [1.807, 2.05) is 38.4 Å². The summed E-state index contributed by atoms with van der Waals surface area (Å²) in [6, 6.07) is 10.8. The maximum atomic E-state index is 13.6. The molecule has 0 atom stereocenters. The Morgan fingerprint density at radius 2 is 1.96 bits per heavy atom. The van der Waals surface area contributed by atoms with Crippen LogP contribution in [0.4, 0.5) is 14.5 Å². The lowest BCUT2D eigenvalue weighted by Gasteiger charge is -2.13. The highest BCUT2D eigenvalue weighted by Crippen LogP contribution is 2.37. The molecule has 0 radical (unpaired) electrons. The van der Waals surface area contributed by atoms with Crippen molar-refractivity contribution in [2.75, 3.05) is 19.8 Å². The number of thioether (sulfide) groups is 1. The summed E-state index contributed by atoms with van der Waals surface area (Å²) in [7, 11) is 3.69. The van der Waals surface area contributed by atoms with Crippen molar-refractivity contribution in [2.45, 2.75) is 11.8 Å². The van der Waals surface area contributed by atoms with Crippen molar-refractivity contribution >= 4 is 56.9 Å². The molecule has 138 valence electrons. The minimum Gasteiger partial charge on any atom is -0.369 e. The molecule has 2 aromatic carbocycles. The average molecular weight is 460 g/mol. The maximum absolute atomic E-state index is 13.6. The van der Waals surface area contributed by atoms with Gasteiger partial charge in [0.1, 0.15) is 0 Å². The van der Waals surface area contributed by atoms with Gasteiger partial charge < -0.3 is 4.90 Å². The molecule has 0 fully saturated rings. The van der Waals surface area contributed by atoms with E-state index in [1.54, 1.807) is 30.3 Å². The van der Waals surface area contributed by atoms with Crippen molar-refractivity contribution in [2.24, 2.45) is 4.99 Å². The molecule has 0 spiro atoms. The Bertz CT molecular complexity index is 849. The van der Waals surface area contributed by atoms with Crippen molar-refractivity contribution in [3.8, 4) is 0 Å². The molecule has 0 aromatic heterocycles. The lowest BCUT2D eigenvalue weighted by Crippen LogP contribution is -2.07. The van der Waals surface area contributed by atoms with Crippen LogP contribution >= 0.6 is 39.3 Å². The van der Waals surface area contributed by atoms with Gasteiger partial charge in [0.15, 0.2) is 0 Å². The number of hydrogen-bond donors (Lipinski definition) is 0. The predicted octanol–water partition coefficient (Wildman–Crippen LogP) is 7.03. The summed E-state index contributed by atoms with van der Waals surface area (Å²) < 4.78 is 28.1. The molecule has 7 heteroatoms. The van der Waals surface area contributed by atoms with Crippen molar-refractivity contribution in [3.63, 3.8) is 0 Å². The highest BCUT2D eigenvalue weighted by Gasteiger charge is 2.16. The molecule has 0 unspecified atom stereocenters. The topological polar surface area (TPSA) is 15.6 Å². The van der Waals surface area contributed by atoms with Crippen LogP contribution in [0.25, 0.3) is 5.57 Å². The largest absolute Gasteiger partial charge is 0.369 e. The van der Waals surface area contributed by atoms with Gasteiger partial charge in [-0.15, -0.1) is 11.8 Å². The molecular weight excluding hydrogens is 442 g/mol. The van der Waals surface area contributed by atoms with Gasteiger partial charge in [-0.25, -0.2) is 4.99 Å². The monoisotopic (exact) mass is 458 g/mol. The van der Waals surface area contributed by atoms with Crippen LogP contribution in [0.15, 0.2) is 56.8 Å². The van der Waals surface area contributed by atoms with Gasteiger partial charge in [-0.1, -0.05) is 23.7 Å². The zero-order valence-electron chi connectivity index (χ0n) is 14.6. The minimum atomic E-state index is -1.70. The van der Waals surface area contributed by atoms with E-state index in [0.717, 1.165) is 9.37 Å². The summed E-state index contributed by atoms with van der Waals surface area (Å²) >= 11 is 11.0. The third-order valence-electron chi connectivity index (χ3n) is 3.48. The van der Waals surface area contributed by atoms with E-state index in [2.05, 4.69) is 20.9 Å². The van der Waals surface area contributed by atoms with Crippen molar-refractivity contribution in [1.29, 1.82) is 0 Å². The van der Waals surface area contributed by atoms with E-state index in [0.29, 0.717) is 21.8 Å². The third kappa shape index (κ3) is 5.56. The molecule has 2 nitrogen and oxygen atoms in total. The second kappa shape index (κ2) is 9.53. The quantitative estimate of drug-likeness (QED) is 0.262. The minimum absolute atomic E-state index is 0.0201. The number of benzene rings is 2. The van der Waals surface area contributed by atoms with Gasteiger partial charge in [0, 0.05) is 34.8 Å². The second-order valence-corrected chi connectivity index (χ2v) is 8.06. The average Bonchev–Trinajstić information content (AvgIpc) is 2.57. The summed E-state index contributed by atoms with van der Waals surface area (Å²) in [6.07, 6.45) is -0.0801. The molecule has 0 aliphatic carbocycles. The summed E-state index contributed by atoms with van der Waals surface area (Å²) in [4.78, 5) is 6.95. The molecule has 0 saturated heterocycles. The molecule has 0 saturated carbocycles. The number of nitrogens with zero attached hydrogens (tertiary/aromatic N) is 2. The molecule has 0 aliphatic rings. The molecule has 0 aliphatic heterocycles. The fourth-order valence-electron chi connectivity index (χ4n) is 2.21. The van der Waals surface area contributed by atoms with Crippen LogP contribution < -0.4 is 0 Å². The van der Waals surface area contributed by atoms with Crippen LogP contribution in [-0.4, -0.2) is 31.1 Å². The molecule has 0 amide bonds. The van der Waals surface area contributed by atoms with Gasteiger partial charge in [-0.05, 0) is 58.2 Å². The summed E-state index contributed by atoms with van der Waals surface area (Å²) in [5, 5.41) is 0.341. The Morgan fingerprint density at radius 1 is 1.27 bits per heavy atom. The van der Waals surface area contributed by atoms with E-state index >= 15 is 0 Å². The maximum Gasteiger partial charge on any atom is 0.274 e. The van der Waals surface area contributed by atoms with Crippen LogP contribution in [0, 0.1) is 6.92 Å². The van der Waals surface area contributed by atoms with Crippen LogP contribution in [-0.2, 0) is 0 Å². The number of aliphatic imine (C=N–C) groups is 1. The first-order valence-electron chi connectivity index (χ1n) is 7.72. The van der Waals surface area contributed by atoms with Crippen molar-refractivity contribution in [3.05, 3.63) is 63.1 Å². The number of halogens is 4. The standard InChI is InChI=1S/C19H18BrClF2N2S/c1-12-8-17(24-11-25(2)3)16(21)9-13(12)14(19(22)23)10-26-18-7-5-4-6-15(18)20/h4-9,11H,10H2,1-3H3/b24-11-. The van der Waals surface area contributed by atoms with Crippen LogP contribution in [0.3, 0.4) is 0 Å². The van der Waals surface area contributed by atoms with Gasteiger partial charge >= 0.3 is 0 Å². The van der Waals surface area contributed by atoms with E-state index in [4.69, 9.17) is 11.6 Å². The normalized spacial score (nSPS) is 11.0. The van der Waals surface area contributed by atoms with Gasteiger partial charge in [-0.3, -0.25) is 0 Å². The smallest absolute Gasteiger partial charge is 0.274 e. The molecule has 2 aromatic rings. The summed E-state index contributed by atoms with van der Waals surface area (Å²) in [5.41, 5.74) is 1.68. The fourth-order valence-corrected chi connectivity index (χ4v) is 4.00. The van der Waals surface area contributed by atoms with Crippen molar-refractivity contribution < 1.29 is 8.78 Å². The molecule has 2 rings (SSSR count). The van der Waals surface area contributed by atoms with Crippen LogP contribution in [0.5, 0.6) is 0 Å². The Balaban J connectivity index is 2.32. The molecule has 0 bridgehead atoms. The first kappa shape index (κ1) is 20.9. The first-order chi connectivity index (χ1) is 12.3. The van der Waals surface area contributed by atoms with Gasteiger partial charge in [0.2, 0.25) is 0 Å². The SMILES string of the molecule is Cc1cc(/N=C\N(C)C)c(Cl)cc1C(CSc1ccccc1Br)=C(F)F. The fraction of sp³-hybridized carbons (Fsp3) is 0.211. The second-order valence-electron chi connectivity index (χ2n) is 5.78. The van der Waals surface area contributed by atoms with E-state index in [1.165, 1.54) is 11.8 Å². The molecular formula is C19H18BrClF2N2S. The number of aryl methyl sites for hydroxylation is 1. The molecule has 0 N–H and O–H groups in total. The van der Waals surface area contributed by atoms with Gasteiger partial charge in [-0.2, -0.15) is 8.78 Å². The van der Waals surface area contributed by atoms with Crippen molar-refractivity contribution in [1.82, 2.24) is 4.90 Å². The molecule has 26 heavy (non-hydrogen) atoms. The Kier molecular flexibility index (Phi) is 7.68. The summed E-state index contributed by atoms with van der Waals surface area (Å²) in [5.74, 6) is 0.141. The third-order valence-corrected chi connectivity index (χ3v) is 5.84. The van der Waals surface area contributed by atoms with Crippen LogP contribution in [0.2, 0.25) is 5.02 Å². The Labute approximate surface area is 170 Å². The number of rotatable bonds is 6. The van der Waals surface area contributed by atoms with E-state index < -0.39 is 6.08 Å². The Morgan fingerprint density at radius 3 is 2.58 bits per heavy atom.